The molecule has 1 atom stereocenters. The van der Waals surface area contributed by atoms with Crippen molar-refractivity contribution in [3.05, 3.63) is 60.0 Å². The van der Waals surface area contributed by atoms with Gasteiger partial charge in [0.05, 0.1) is 6.20 Å². The van der Waals surface area contributed by atoms with E-state index in [0.29, 0.717) is 25.1 Å². The zero-order valence-electron chi connectivity index (χ0n) is 16.0. The molecule has 0 radical (unpaired) electrons. The second-order valence-corrected chi connectivity index (χ2v) is 7.50. The zero-order chi connectivity index (χ0) is 18.9. The summed E-state index contributed by atoms with van der Waals surface area (Å²) in [5, 5.41) is 4.26. The molecule has 2 aliphatic rings. The van der Waals surface area contributed by atoms with E-state index in [9.17, 15) is 0 Å². The molecule has 0 unspecified atom stereocenters. The van der Waals surface area contributed by atoms with Gasteiger partial charge in [-0.2, -0.15) is 5.10 Å². The van der Waals surface area contributed by atoms with Crippen LogP contribution in [0.25, 0.3) is 11.1 Å². The van der Waals surface area contributed by atoms with Crippen molar-refractivity contribution in [2.24, 2.45) is 7.05 Å². The SMILES string of the molecule is Cn1cc(-c2ccc(CN3CCC[C@@H]3c3cnc4c(c3)OCCO4)cc2)cn1. The fourth-order valence-electron chi connectivity index (χ4n) is 4.13. The van der Waals surface area contributed by atoms with Crippen LogP contribution in [0, 0.1) is 0 Å². The minimum absolute atomic E-state index is 0.376. The third-order valence-electron chi connectivity index (χ3n) is 5.55. The highest BCUT2D eigenvalue weighted by Crippen LogP contribution is 2.37. The van der Waals surface area contributed by atoms with Crippen LogP contribution < -0.4 is 9.47 Å². The van der Waals surface area contributed by atoms with Crippen molar-refractivity contribution in [3.8, 4) is 22.8 Å². The molecule has 1 fully saturated rings. The second-order valence-electron chi connectivity index (χ2n) is 7.50. The van der Waals surface area contributed by atoms with Gasteiger partial charge in [0.1, 0.15) is 13.2 Å². The highest BCUT2D eigenvalue weighted by molar-refractivity contribution is 5.61. The lowest BCUT2D eigenvalue weighted by atomic mass is 10.0. The van der Waals surface area contributed by atoms with Crippen LogP contribution in [0.15, 0.2) is 48.9 Å². The number of fused-ring (bicyclic) bond motifs is 1. The molecule has 2 aliphatic heterocycles. The fourth-order valence-corrected chi connectivity index (χ4v) is 4.13. The standard InChI is InChI=1S/C22H24N4O2/c1-25-15-19(13-24-25)17-6-4-16(5-7-17)14-26-8-2-3-20(26)18-11-21-22(23-12-18)28-10-9-27-21/h4-7,11-13,15,20H,2-3,8-10,14H2,1H3/t20-/m1/s1. The average Bonchev–Trinajstić information content (AvgIpc) is 3.37. The predicted molar refractivity (Wildman–Crippen MR) is 106 cm³/mol. The molecule has 3 aromatic rings. The molecule has 0 aliphatic carbocycles. The normalized spacial score (nSPS) is 19.1. The van der Waals surface area contributed by atoms with Gasteiger partial charge in [-0.05, 0) is 42.1 Å². The highest BCUT2D eigenvalue weighted by Gasteiger charge is 2.27. The van der Waals surface area contributed by atoms with E-state index in [1.165, 1.54) is 23.1 Å². The van der Waals surface area contributed by atoms with Crippen molar-refractivity contribution in [2.75, 3.05) is 19.8 Å². The predicted octanol–water partition coefficient (Wildman–Crippen LogP) is 3.59. The molecule has 0 amide bonds. The van der Waals surface area contributed by atoms with Crippen molar-refractivity contribution in [1.29, 1.82) is 0 Å². The summed E-state index contributed by atoms with van der Waals surface area (Å²) in [5.74, 6) is 1.39. The van der Waals surface area contributed by atoms with E-state index in [1.54, 1.807) is 0 Å². The summed E-state index contributed by atoms with van der Waals surface area (Å²) < 4.78 is 13.1. The van der Waals surface area contributed by atoms with Crippen LogP contribution in [0.5, 0.6) is 11.6 Å². The molecule has 1 aromatic carbocycles. The molecule has 28 heavy (non-hydrogen) atoms. The molecule has 4 heterocycles. The van der Waals surface area contributed by atoms with Crippen LogP contribution in [0.3, 0.4) is 0 Å². The van der Waals surface area contributed by atoms with Crippen LogP contribution in [-0.4, -0.2) is 39.4 Å². The van der Waals surface area contributed by atoms with Crippen molar-refractivity contribution < 1.29 is 9.47 Å². The Labute approximate surface area is 164 Å². The van der Waals surface area contributed by atoms with Gasteiger partial charge in [-0.25, -0.2) is 4.98 Å². The van der Waals surface area contributed by atoms with Gasteiger partial charge < -0.3 is 9.47 Å². The quantitative estimate of drug-likeness (QED) is 0.697. The molecule has 6 nitrogen and oxygen atoms in total. The maximum Gasteiger partial charge on any atom is 0.257 e. The first-order valence-corrected chi connectivity index (χ1v) is 9.84. The van der Waals surface area contributed by atoms with Crippen LogP contribution >= 0.6 is 0 Å². The largest absolute Gasteiger partial charge is 0.484 e. The first-order valence-electron chi connectivity index (χ1n) is 9.84. The van der Waals surface area contributed by atoms with Gasteiger partial charge in [0.15, 0.2) is 5.75 Å². The first kappa shape index (κ1) is 17.3. The Bertz CT molecular complexity index is 967. The van der Waals surface area contributed by atoms with Crippen molar-refractivity contribution in [2.45, 2.75) is 25.4 Å². The molecule has 0 N–H and O–H groups in total. The number of likely N-dealkylation sites (tertiary alicyclic amines) is 1. The summed E-state index contributed by atoms with van der Waals surface area (Å²) in [4.78, 5) is 7.00. The molecule has 0 spiro atoms. The Morgan fingerprint density at radius 1 is 1.07 bits per heavy atom. The number of aromatic nitrogens is 3. The number of pyridine rings is 1. The van der Waals surface area contributed by atoms with E-state index < -0.39 is 0 Å². The van der Waals surface area contributed by atoms with Crippen molar-refractivity contribution >= 4 is 0 Å². The molecule has 0 bridgehead atoms. The number of nitrogens with zero attached hydrogens (tertiary/aromatic N) is 4. The number of ether oxygens (including phenoxy) is 2. The van der Waals surface area contributed by atoms with E-state index in [0.717, 1.165) is 30.8 Å². The molecule has 0 saturated carbocycles. The van der Waals surface area contributed by atoms with E-state index in [-0.39, 0.29) is 0 Å². The molecular formula is C22H24N4O2. The third kappa shape index (κ3) is 3.36. The fraction of sp³-hybridized carbons (Fsp3) is 0.364. The highest BCUT2D eigenvalue weighted by atomic mass is 16.6. The molecular weight excluding hydrogens is 352 g/mol. The summed E-state index contributed by atoms with van der Waals surface area (Å²) in [6.07, 6.45) is 8.24. The third-order valence-corrected chi connectivity index (χ3v) is 5.55. The maximum absolute atomic E-state index is 5.72. The van der Waals surface area contributed by atoms with Gasteiger partial charge in [-0.15, -0.1) is 0 Å². The maximum atomic E-state index is 5.72. The number of rotatable bonds is 4. The van der Waals surface area contributed by atoms with Crippen molar-refractivity contribution in [1.82, 2.24) is 19.7 Å². The Balaban J connectivity index is 1.32. The number of hydrogen-bond donors (Lipinski definition) is 0. The number of aryl methyl sites for hydroxylation is 1. The first-order chi connectivity index (χ1) is 13.8. The van der Waals surface area contributed by atoms with Gasteiger partial charge in [-0.3, -0.25) is 9.58 Å². The van der Waals surface area contributed by atoms with Gasteiger partial charge in [0, 0.05) is 37.6 Å². The summed E-state index contributed by atoms with van der Waals surface area (Å²) in [6.45, 7) is 3.20. The van der Waals surface area contributed by atoms with Gasteiger partial charge in [0.2, 0.25) is 0 Å². The number of benzene rings is 1. The Hall–Kier alpha value is -2.86. The Morgan fingerprint density at radius 3 is 2.75 bits per heavy atom. The van der Waals surface area contributed by atoms with E-state index in [4.69, 9.17) is 9.47 Å². The van der Waals surface area contributed by atoms with Crippen LogP contribution in [0.2, 0.25) is 0 Å². The molecule has 1 saturated heterocycles. The minimum Gasteiger partial charge on any atom is -0.484 e. The van der Waals surface area contributed by atoms with Crippen molar-refractivity contribution in [3.63, 3.8) is 0 Å². The van der Waals surface area contributed by atoms with E-state index >= 15 is 0 Å². The lowest BCUT2D eigenvalue weighted by Gasteiger charge is -2.26. The summed E-state index contributed by atoms with van der Waals surface area (Å²) >= 11 is 0. The van der Waals surface area contributed by atoms with Crippen LogP contribution in [-0.2, 0) is 13.6 Å². The minimum atomic E-state index is 0.376. The monoisotopic (exact) mass is 376 g/mol. The molecule has 144 valence electrons. The topological polar surface area (TPSA) is 52.4 Å². The summed E-state index contributed by atoms with van der Waals surface area (Å²) in [5.41, 5.74) is 4.89. The van der Waals surface area contributed by atoms with Crippen LogP contribution in [0.1, 0.15) is 30.0 Å². The summed E-state index contributed by atoms with van der Waals surface area (Å²) in [7, 11) is 1.94. The van der Waals surface area contributed by atoms with Gasteiger partial charge in [-0.1, -0.05) is 24.3 Å². The van der Waals surface area contributed by atoms with E-state index in [1.807, 2.05) is 30.3 Å². The summed E-state index contributed by atoms with van der Waals surface area (Å²) in [6, 6.07) is 11.3. The van der Waals surface area contributed by atoms with Gasteiger partial charge in [0.25, 0.3) is 5.88 Å². The zero-order valence-corrected chi connectivity index (χ0v) is 16.0. The molecule has 6 heteroatoms. The Kier molecular flexibility index (Phi) is 4.49. The van der Waals surface area contributed by atoms with E-state index in [2.05, 4.69) is 45.3 Å². The smallest absolute Gasteiger partial charge is 0.257 e. The second kappa shape index (κ2) is 7.28. The lowest BCUT2D eigenvalue weighted by Crippen LogP contribution is -2.23. The molecule has 5 rings (SSSR count). The van der Waals surface area contributed by atoms with Crippen LogP contribution in [0.4, 0.5) is 0 Å². The average molecular weight is 376 g/mol. The van der Waals surface area contributed by atoms with Gasteiger partial charge >= 0.3 is 0 Å². The number of hydrogen-bond acceptors (Lipinski definition) is 5. The molecule has 2 aromatic heterocycles. The lowest BCUT2D eigenvalue weighted by molar-refractivity contribution is 0.163. The Morgan fingerprint density at radius 2 is 1.93 bits per heavy atom.